The number of hydroxylamine groups is 1. The molecule has 2 aromatic heterocycles. The predicted octanol–water partition coefficient (Wildman–Crippen LogP) is 8.88. The van der Waals surface area contributed by atoms with Crippen molar-refractivity contribution in [1.82, 2.24) is 19.5 Å². The van der Waals surface area contributed by atoms with Crippen LogP contribution in [0, 0.1) is 0 Å². The number of rotatable bonds is 11. The van der Waals surface area contributed by atoms with Crippen LogP contribution in [-0.2, 0) is 23.2 Å². The van der Waals surface area contributed by atoms with Crippen molar-refractivity contribution < 1.29 is 28.0 Å². The molecule has 0 aromatic carbocycles. The topological polar surface area (TPSA) is 113 Å². The fraction of sp³-hybridized carbons (Fsp3) is 0.853. The molecule has 0 spiro atoms. The fourth-order valence-corrected chi connectivity index (χ4v) is 8.27. The first-order valence-corrected chi connectivity index (χ1v) is 26.2. The molecule has 1 radical (unpaired) electrons. The number of nitrogens with zero attached hydrogens (tertiary/aromatic N) is 5. The zero-order valence-corrected chi connectivity index (χ0v) is 36.5. The highest BCUT2D eigenvalue weighted by molar-refractivity contribution is 6.75. The molecule has 0 unspecified atom stereocenters. The Bertz CT molecular complexity index is 1410. The van der Waals surface area contributed by atoms with E-state index in [1.165, 1.54) is 6.33 Å². The lowest BCUT2D eigenvalue weighted by Crippen LogP contribution is -2.54. The summed E-state index contributed by atoms with van der Waals surface area (Å²) in [6, 6.07) is 0. The van der Waals surface area contributed by atoms with Crippen LogP contribution in [0.5, 0.6) is 5.88 Å². The molecule has 48 heavy (non-hydrogen) atoms. The molecule has 0 amide bonds. The van der Waals surface area contributed by atoms with Gasteiger partial charge in [0, 0.05) is 0 Å². The van der Waals surface area contributed by atoms with Crippen LogP contribution >= 0.6 is 0 Å². The highest BCUT2D eigenvalue weighted by atomic mass is 28.4. The number of hydrogen-bond donors (Lipinski definition) is 0. The largest absolute Gasteiger partial charge is 0.476 e. The summed E-state index contributed by atoms with van der Waals surface area (Å²) in [4.78, 5) is 13.9. The van der Waals surface area contributed by atoms with Gasteiger partial charge in [-0.05, 0) is 82.1 Å². The average Bonchev–Trinajstić information content (AvgIpc) is 3.43. The summed E-state index contributed by atoms with van der Waals surface area (Å²) >= 11 is 0. The molecule has 0 aliphatic carbocycles. The summed E-state index contributed by atoms with van der Waals surface area (Å²) in [7, 11) is -6.98. The van der Waals surface area contributed by atoms with Gasteiger partial charge in [0.15, 0.2) is 42.3 Å². The molecular weight excluding hydrogens is 659 g/mol. The van der Waals surface area contributed by atoms with Crippen molar-refractivity contribution in [2.24, 2.45) is 0 Å². The number of anilines is 1. The van der Waals surface area contributed by atoms with E-state index in [0.29, 0.717) is 30.3 Å². The maximum Gasteiger partial charge on any atom is 0.245 e. The van der Waals surface area contributed by atoms with E-state index in [0.717, 1.165) is 5.06 Å². The highest BCUT2D eigenvalue weighted by Crippen LogP contribution is 2.48. The molecule has 11 nitrogen and oxygen atoms in total. The second-order valence-electron chi connectivity index (χ2n) is 18.9. The molecule has 0 bridgehead atoms. The maximum atomic E-state index is 14.1. The zero-order chi connectivity index (χ0) is 37.1. The molecule has 3 heterocycles. The summed E-state index contributed by atoms with van der Waals surface area (Å²) in [5.41, 5.74) is 0.0330. The molecule has 1 aliphatic heterocycles. The molecule has 1 aliphatic rings. The van der Waals surface area contributed by atoms with Gasteiger partial charge in [-0.3, -0.25) is 4.57 Å². The third kappa shape index (κ3) is 8.38. The Morgan fingerprint density at radius 1 is 0.792 bits per heavy atom. The van der Waals surface area contributed by atoms with Gasteiger partial charge >= 0.3 is 0 Å². The Balaban J connectivity index is 2.37. The van der Waals surface area contributed by atoms with Crippen LogP contribution in [0.4, 0.5) is 5.95 Å². The quantitative estimate of drug-likeness (QED) is 0.166. The van der Waals surface area contributed by atoms with Gasteiger partial charge in [0.25, 0.3) is 0 Å². The standard InChI is InChI=1S/C34H66N5O6Si3/c1-20-41-28-24-27(35-22-36-28)38(30(37-24)39(40)31(2,3)4)29-26(45-48(18,19)34(11,12)13)25(44-47(16,17)33(8,9)10)23(43-29)21-42-46(14,15)32(5,6)7/h22-23,25-26,29H,20-21H2,1-19H3/t23-,25-,26-,29-/m1/s1. The van der Waals surface area contributed by atoms with Gasteiger partial charge in [0.2, 0.25) is 11.8 Å². The van der Waals surface area contributed by atoms with Crippen LogP contribution in [-0.4, -0.2) is 81.5 Å². The van der Waals surface area contributed by atoms with Crippen LogP contribution in [0.3, 0.4) is 0 Å². The first-order valence-electron chi connectivity index (χ1n) is 17.4. The van der Waals surface area contributed by atoms with Gasteiger partial charge in [-0.2, -0.15) is 10.0 Å². The minimum Gasteiger partial charge on any atom is -0.476 e. The Morgan fingerprint density at radius 2 is 1.29 bits per heavy atom. The Hall–Kier alpha value is -1.40. The highest BCUT2D eigenvalue weighted by Gasteiger charge is 2.56. The van der Waals surface area contributed by atoms with Crippen LogP contribution in [0.15, 0.2) is 6.33 Å². The van der Waals surface area contributed by atoms with Gasteiger partial charge in [0.1, 0.15) is 24.6 Å². The first kappa shape index (κ1) is 41.0. The SMILES string of the molecule is CCOc1ncnc2c1nc(N([O])C(C)(C)C)n2[C@@H]1O[C@H](CO[Si](C)(C)C(C)(C)C)[C@@H](O[Si](C)(C)C(C)(C)C)[C@H]1O[Si](C)(C)C(C)(C)C. The van der Waals surface area contributed by atoms with Crippen molar-refractivity contribution in [2.45, 2.75) is 174 Å². The van der Waals surface area contributed by atoms with E-state index in [-0.39, 0.29) is 21.1 Å². The third-order valence-electron chi connectivity index (χ3n) is 10.9. The van der Waals surface area contributed by atoms with Crippen molar-refractivity contribution in [2.75, 3.05) is 18.3 Å². The molecule has 1 saturated heterocycles. The number of imidazole rings is 1. The molecule has 0 saturated carbocycles. The molecule has 2 aromatic rings. The minimum absolute atomic E-state index is 0.00785. The summed E-state index contributed by atoms with van der Waals surface area (Å²) in [6.45, 7) is 41.8. The van der Waals surface area contributed by atoms with Gasteiger partial charge in [-0.25, -0.2) is 9.97 Å². The number of aromatic nitrogens is 4. The Kier molecular flexibility index (Phi) is 11.6. The number of ether oxygens (including phenoxy) is 2. The summed E-state index contributed by atoms with van der Waals surface area (Å²) in [5, 5.41) is 14.9. The number of fused-ring (bicyclic) bond motifs is 1. The lowest BCUT2D eigenvalue weighted by atomic mass is 10.1. The monoisotopic (exact) mass is 724 g/mol. The zero-order valence-electron chi connectivity index (χ0n) is 33.5. The molecule has 14 heteroatoms. The Morgan fingerprint density at radius 3 is 1.75 bits per heavy atom. The lowest BCUT2D eigenvalue weighted by molar-refractivity contribution is -0.0486. The minimum atomic E-state index is -2.44. The third-order valence-corrected chi connectivity index (χ3v) is 24.4. The molecule has 4 atom stereocenters. The van der Waals surface area contributed by atoms with Crippen molar-refractivity contribution in [3.8, 4) is 5.88 Å². The molecule has 1 fully saturated rings. The normalized spacial score (nSPS) is 22.1. The fourth-order valence-electron chi connectivity index (χ4n) is 4.66. The second-order valence-corrected chi connectivity index (χ2v) is 33.2. The molecular formula is C34H66N5O6Si3. The van der Waals surface area contributed by atoms with E-state index >= 15 is 0 Å². The van der Waals surface area contributed by atoms with Gasteiger partial charge in [-0.15, -0.1) is 0 Å². The van der Waals surface area contributed by atoms with E-state index in [1.807, 2.05) is 27.7 Å². The second kappa shape index (κ2) is 13.6. The van der Waals surface area contributed by atoms with Gasteiger partial charge < -0.3 is 22.8 Å². The summed E-state index contributed by atoms with van der Waals surface area (Å²) in [5.74, 6) is 0.474. The Labute approximate surface area is 293 Å². The lowest BCUT2D eigenvalue weighted by Gasteiger charge is -2.44. The average molecular weight is 725 g/mol. The first-order chi connectivity index (χ1) is 21.5. The van der Waals surface area contributed by atoms with Crippen LogP contribution in [0.25, 0.3) is 11.2 Å². The summed E-state index contributed by atoms with van der Waals surface area (Å²) in [6.07, 6.45) is -0.862. The van der Waals surface area contributed by atoms with Gasteiger partial charge in [-0.1, -0.05) is 67.5 Å². The van der Waals surface area contributed by atoms with E-state index in [9.17, 15) is 5.21 Å². The van der Waals surface area contributed by atoms with E-state index < -0.39 is 55.0 Å². The van der Waals surface area contributed by atoms with Crippen molar-refractivity contribution in [3.05, 3.63) is 6.33 Å². The molecule has 275 valence electrons. The van der Waals surface area contributed by atoms with Crippen LogP contribution in [0.2, 0.25) is 54.4 Å². The molecule has 3 rings (SSSR count). The van der Waals surface area contributed by atoms with Crippen molar-refractivity contribution in [1.29, 1.82) is 0 Å². The predicted molar refractivity (Wildman–Crippen MR) is 201 cm³/mol. The van der Waals surface area contributed by atoms with Crippen LogP contribution in [0.1, 0.15) is 96.2 Å². The van der Waals surface area contributed by atoms with Gasteiger partial charge in [0.05, 0.1) is 18.8 Å². The van der Waals surface area contributed by atoms with Crippen molar-refractivity contribution in [3.63, 3.8) is 0 Å². The maximum absolute atomic E-state index is 14.1. The summed E-state index contributed by atoms with van der Waals surface area (Å²) < 4.78 is 36.3. The van der Waals surface area contributed by atoms with Crippen LogP contribution < -0.4 is 9.80 Å². The smallest absolute Gasteiger partial charge is 0.245 e. The number of hydrogen-bond acceptors (Lipinski definition) is 9. The molecule has 0 N–H and O–H groups in total. The van der Waals surface area contributed by atoms with E-state index in [2.05, 4.69) is 112 Å². The van der Waals surface area contributed by atoms with Crippen molar-refractivity contribution >= 4 is 42.1 Å². The van der Waals surface area contributed by atoms with E-state index in [4.69, 9.17) is 27.7 Å². The van der Waals surface area contributed by atoms with E-state index in [1.54, 1.807) is 4.57 Å².